The van der Waals surface area contributed by atoms with Crippen molar-refractivity contribution in [3.05, 3.63) is 53.6 Å². The minimum absolute atomic E-state index is 0.0858. The van der Waals surface area contributed by atoms with Gasteiger partial charge in [-0.05, 0) is 56.7 Å². The topological polar surface area (TPSA) is 84.9 Å². The summed E-state index contributed by atoms with van der Waals surface area (Å²) >= 11 is 0. The Labute approximate surface area is 171 Å². The summed E-state index contributed by atoms with van der Waals surface area (Å²) in [4.78, 5) is 12.8. The van der Waals surface area contributed by atoms with E-state index in [1.54, 1.807) is 24.3 Å². The van der Waals surface area contributed by atoms with Gasteiger partial charge in [-0.25, -0.2) is 8.42 Å². The number of morpholine rings is 1. The molecule has 0 aromatic heterocycles. The smallest absolute Gasteiger partial charge is 0.255 e. The van der Waals surface area contributed by atoms with Crippen LogP contribution in [0.3, 0.4) is 0 Å². The number of carbonyl (C=O) groups is 1. The fourth-order valence-electron chi connectivity index (χ4n) is 3.39. The number of methoxy groups -OCH3 is 1. The van der Waals surface area contributed by atoms with Crippen LogP contribution < -0.4 is 10.1 Å². The summed E-state index contributed by atoms with van der Waals surface area (Å²) in [5, 5.41) is 2.80. The number of carbonyl (C=O) groups excluding carboxylic acids is 1. The van der Waals surface area contributed by atoms with Crippen molar-refractivity contribution in [3.63, 3.8) is 0 Å². The molecule has 1 saturated heterocycles. The van der Waals surface area contributed by atoms with E-state index in [-0.39, 0.29) is 35.8 Å². The number of nitrogens with zero attached hydrogens (tertiary/aromatic N) is 1. The lowest BCUT2D eigenvalue weighted by atomic mass is 10.1. The lowest BCUT2D eigenvalue weighted by Gasteiger charge is -2.34. The van der Waals surface area contributed by atoms with E-state index >= 15 is 0 Å². The first kappa shape index (κ1) is 21.3. The second-order valence-corrected chi connectivity index (χ2v) is 9.20. The van der Waals surface area contributed by atoms with E-state index in [9.17, 15) is 13.2 Å². The van der Waals surface area contributed by atoms with Gasteiger partial charge in [0.15, 0.2) is 0 Å². The highest BCUT2D eigenvalue weighted by Gasteiger charge is 2.32. The number of benzene rings is 2. The van der Waals surface area contributed by atoms with Gasteiger partial charge in [0, 0.05) is 18.7 Å². The van der Waals surface area contributed by atoms with Crippen molar-refractivity contribution in [2.75, 3.05) is 25.5 Å². The molecule has 1 heterocycles. The van der Waals surface area contributed by atoms with Crippen LogP contribution in [0.5, 0.6) is 5.75 Å². The van der Waals surface area contributed by atoms with Crippen LogP contribution in [-0.2, 0) is 14.8 Å². The summed E-state index contributed by atoms with van der Waals surface area (Å²) in [5.41, 5.74) is 1.75. The van der Waals surface area contributed by atoms with Crippen LogP contribution in [0.25, 0.3) is 0 Å². The Hall–Kier alpha value is -2.42. The highest BCUT2D eigenvalue weighted by Crippen LogP contribution is 2.26. The lowest BCUT2D eigenvalue weighted by molar-refractivity contribution is -0.0440. The minimum atomic E-state index is -3.73. The molecule has 1 fully saturated rings. The van der Waals surface area contributed by atoms with Gasteiger partial charge in [0.05, 0.1) is 29.9 Å². The summed E-state index contributed by atoms with van der Waals surface area (Å²) in [6, 6.07) is 11.5. The average molecular weight is 419 g/mol. The first-order valence-corrected chi connectivity index (χ1v) is 10.9. The Bertz CT molecular complexity index is 996. The molecule has 2 atom stereocenters. The van der Waals surface area contributed by atoms with Gasteiger partial charge in [-0.2, -0.15) is 4.31 Å². The monoisotopic (exact) mass is 418 g/mol. The molecule has 0 saturated carbocycles. The van der Waals surface area contributed by atoms with Gasteiger partial charge in [-0.3, -0.25) is 4.79 Å². The minimum Gasteiger partial charge on any atom is -0.495 e. The molecule has 0 unspecified atom stereocenters. The molecule has 2 aromatic carbocycles. The van der Waals surface area contributed by atoms with Gasteiger partial charge in [-0.15, -0.1) is 0 Å². The number of rotatable bonds is 5. The molecule has 2 aromatic rings. The third-order valence-electron chi connectivity index (χ3n) is 4.72. The predicted octanol–water partition coefficient (Wildman–Crippen LogP) is 3.05. The van der Waals surface area contributed by atoms with Crippen LogP contribution in [0.2, 0.25) is 0 Å². The Morgan fingerprint density at radius 3 is 2.48 bits per heavy atom. The number of aryl methyl sites for hydroxylation is 1. The fraction of sp³-hybridized carbons (Fsp3) is 0.381. The van der Waals surface area contributed by atoms with Gasteiger partial charge in [-0.1, -0.05) is 12.1 Å². The van der Waals surface area contributed by atoms with E-state index in [2.05, 4.69) is 5.32 Å². The Kier molecular flexibility index (Phi) is 6.26. The van der Waals surface area contributed by atoms with Crippen molar-refractivity contribution in [1.82, 2.24) is 4.31 Å². The zero-order valence-corrected chi connectivity index (χ0v) is 17.8. The van der Waals surface area contributed by atoms with Gasteiger partial charge >= 0.3 is 0 Å². The molecular weight excluding hydrogens is 392 g/mol. The quantitative estimate of drug-likeness (QED) is 0.807. The van der Waals surface area contributed by atoms with Gasteiger partial charge in [0.1, 0.15) is 5.75 Å². The van der Waals surface area contributed by atoms with Crippen LogP contribution in [0.15, 0.2) is 47.4 Å². The molecule has 7 nitrogen and oxygen atoms in total. The van der Waals surface area contributed by atoms with Crippen molar-refractivity contribution in [2.24, 2.45) is 0 Å². The molecule has 1 aliphatic heterocycles. The normalized spacial score (nSPS) is 20.3. The number of nitrogens with one attached hydrogen (secondary N) is 1. The zero-order valence-electron chi connectivity index (χ0n) is 17.0. The lowest BCUT2D eigenvalue weighted by Crippen LogP contribution is -2.48. The summed E-state index contributed by atoms with van der Waals surface area (Å²) < 4.78 is 38.5. The van der Waals surface area contributed by atoms with E-state index in [1.807, 2.05) is 26.8 Å². The van der Waals surface area contributed by atoms with E-state index in [0.717, 1.165) is 5.56 Å². The molecule has 0 radical (unpaired) electrons. The van der Waals surface area contributed by atoms with Crippen LogP contribution in [0.4, 0.5) is 5.69 Å². The molecule has 0 bridgehead atoms. The second-order valence-electron chi connectivity index (χ2n) is 7.27. The van der Waals surface area contributed by atoms with Crippen molar-refractivity contribution in [2.45, 2.75) is 37.9 Å². The molecule has 0 spiro atoms. The maximum absolute atomic E-state index is 13.1. The van der Waals surface area contributed by atoms with Crippen molar-refractivity contribution >= 4 is 21.6 Å². The first-order chi connectivity index (χ1) is 13.7. The third kappa shape index (κ3) is 4.77. The number of anilines is 1. The molecular formula is C21H26N2O5S. The molecule has 3 rings (SSSR count). The summed E-state index contributed by atoms with van der Waals surface area (Å²) in [5.74, 6) is 0.124. The Balaban J connectivity index is 1.86. The fourth-order valence-corrected chi connectivity index (χ4v) is 5.02. The van der Waals surface area contributed by atoms with Gasteiger partial charge in [0.2, 0.25) is 10.0 Å². The summed E-state index contributed by atoms with van der Waals surface area (Å²) in [6.45, 7) is 6.16. The van der Waals surface area contributed by atoms with Crippen molar-refractivity contribution in [1.29, 1.82) is 0 Å². The number of amides is 1. The maximum atomic E-state index is 13.1. The summed E-state index contributed by atoms with van der Waals surface area (Å²) in [7, 11) is -2.20. The molecule has 156 valence electrons. The van der Waals surface area contributed by atoms with Crippen molar-refractivity contribution in [3.8, 4) is 5.75 Å². The molecule has 1 amide bonds. The van der Waals surface area contributed by atoms with E-state index in [1.165, 1.54) is 23.5 Å². The van der Waals surface area contributed by atoms with E-state index in [4.69, 9.17) is 9.47 Å². The standard InChI is InChI=1S/C21H26N2O5S/c1-14-8-9-20(27-4)19(10-14)22-21(24)17-6-5-7-18(11-17)29(25,26)23-12-15(2)28-16(3)13-23/h5-11,15-16H,12-13H2,1-4H3,(H,22,24)/t15-,16-/m1/s1. The van der Waals surface area contributed by atoms with Crippen molar-refractivity contribution < 1.29 is 22.7 Å². The SMILES string of the molecule is COc1ccc(C)cc1NC(=O)c1cccc(S(=O)(=O)N2C[C@@H](C)O[C@H](C)C2)c1. The molecule has 29 heavy (non-hydrogen) atoms. The second kappa shape index (κ2) is 8.52. The van der Waals surface area contributed by atoms with Crippen LogP contribution >= 0.6 is 0 Å². The molecule has 8 heteroatoms. The largest absolute Gasteiger partial charge is 0.495 e. The number of sulfonamides is 1. The number of hydrogen-bond acceptors (Lipinski definition) is 5. The van der Waals surface area contributed by atoms with Crippen LogP contribution in [0.1, 0.15) is 29.8 Å². The van der Waals surface area contributed by atoms with Crippen LogP contribution in [0, 0.1) is 6.92 Å². The average Bonchev–Trinajstić information content (AvgIpc) is 2.67. The highest BCUT2D eigenvalue weighted by molar-refractivity contribution is 7.89. The zero-order chi connectivity index (χ0) is 21.2. The Morgan fingerprint density at radius 2 is 1.83 bits per heavy atom. The third-order valence-corrected chi connectivity index (χ3v) is 6.55. The number of ether oxygens (including phenoxy) is 2. The molecule has 1 aliphatic rings. The number of hydrogen-bond donors (Lipinski definition) is 1. The molecule has 1 N–H and O–H groups in total. The predicted molar refractivity (Wildman–Crippen MR) is 111 cm³/mol. The van der Waals surface area contributed by atoms with E-state index < -0.39 is 15.9 Å². The highest BCUT2D eigenvalue weighted by atomic mass is 32.2. The summed E-state index contributed by atoms with van der Waals surface area (Å²) in [6.07, 6.45) is -0.373. The first-order valence-electron chi connectivity index (χ1n) is 9.42. The van der Waals surface area contributed by atoms with E-state index in [0.29, 0.717) is 11.4 Å². The maximum Gasteiger partial charge on any atom is 0.255 e. The van der Waals surface area contributed by atoms with Gasteiger partial charge < -0.3 is 14.8 Å². The molecule has 0 aliphatic carbocycles. The van der Waals surface area contributed by atoms with Gasteiger partial charge in [0.25, 0.3) is 5.91 Å². The van der Waals surface area contributed by atoms with Crippen LogP contribution in [-0.4, -0.2) is 51.0 Å². The Morgan fingerprint density at radius 1 is 1.14 bits per heavy atom.